The molecule has 4 N–H and O–H groups in total. The Hall–Kier alpha value is -3.15. The molecule has 0 saturated heterocycles. The smallest absolute Gasteiger partial charge is 0.142 e. The highest BCUT2D eigenvalue weighted by Crippen LogP contribution is 2.38. The van der Waals surface area contributed by atoms with E-state index in [0.29, 0.717) is 46.0 Å². The fraction of sp³-hybridized carbons (Fsp3) is 0.368. The first-order chi connectivity index (χ1) is 24.3. The summed E-state index contributed by atoms with van der Waals surface area (Å²) in [4.78, 5) is 4.13. The average molecular weight is 834 g/mol. The number of halogens is 3. The summed E-state index contributed by atoms with van der Waals surface area (Å²) in [6.07, 6.45) is 4.71. The van der Waals surface area contributed by atoms with Crippen LogP contribution in [-0.4, -0.2) is 58.1 Å². The summed E-state index contributed by atoms with van der Waals surface area (Å²) in [5.74, 6) is 1.64. The van der Waals surface area contributed by atoms with Gasteiger partial charge in [-0.2, -0.15) is 5.26 Å². The standard InChI is InChI=1S/C38H43Cl2IN4O5/c1-3-30(21-46)45-20-29-14-34(39)37(15-36(29)49-23-27-13-26(17-42)18-43-19-27)50-24-28-7-4-8-32(25(28)2)33-9-5-10-35(38(33)40)48-12-6-11-44-31(16-41)22-47/h4-5,7-10,13-15,18-19,30-31,44-47H,3,6,11-12,16,20-24H2,1-2H3. The number of rotatable bonds is 20. The Morgan fingerprint density at radius 2 is 1.64 bits per heavy atom. The topological polar surface area (TPSA) is 129 Å². The van der Waals surface area contributed by atoms with Crippen LogP contribution in [0, 0.1) is 18.3 Å². The lowest BCUT2D eigenvalue weighted by Gasteiger charge is -2.19. The zero-order valence-corrected chi connectivity index (χ0v) is 31.9. The van der Waals surface area contributed by atoms with Gasteiger partial charge in [0.15, 0.2) is 0 Å². The molecular formula is C38H43Cl2IN4O5. The molecule has 2 atom stereocenters. The predicted octanol–water partition coefficient (Wildman–Crippen LogP) is 7.41. The Morgan fingerprint density at radius 1 is 0.880 bits per heavy atom. The van der Waals surface area contributed by atoms with Crippen LogP contribution in [0.5, 0.6) is 17.2 Å². The minimum Gasteiger partial charge on any atom is -0.492 e. The number of ether oxygens (including phenoxy) is 3. The van der Waals surface area contributed by atoms with Gasteiger partial charge in [-0.05, 0) is 61.2 Å². The summed E-state index contributed by atoms with van der Waals surface area (Å²) in [7, 11) is 0. The summed E-state index contributed by atoms with van der Waals surface area (Å²) in [5.41, 5.74) is 5.81. The molecule has 266 valence electrons. The van der Waals surface area contributed by atoms with E-state index in [1.165, 1.54) is 6.20 Å². The quantitative estimate of drug-likeness (QED) is 0.0409. The van der Waals surface area contributed by atoms with Crippen molar-refractivity contribution >= 4 is 45.8 Å². The Labute approximate surface area is 318 Å². The van der Waals surface area contributed by atoms with Gasteiger partial charge < -0.3 is 35.1 Å². The number of pyridine rings is 1. The van der Waals surface area contributed by atoms with E-state index < -0.39 is 0 Å². The van der Waals surface area contributed by atoms with Crippen LogP contribution in [0.4, 0.5) is 0 Å². The van der Waals surface area contributed by atoms with E-state index in [0.717, 1.165) is 57.2 Å². The van der Waals surface area contributed by atoms with Crippen molar-refractivity contribution in [3.63, 3.8) is 0 Å². The van der Waals surface area contributed by atoms with Crippen molar-refractivity contribution in [2.45, 2.75) is 58.5 Å². The third-order valence-corrected chi connectivity index (χ3v) is 9.98. The van der Waals surface area contributed by atoms with Gasteiger partial charge >= 0.3 is 0 Å². The Balaban J connectivity index is 1.50. The number of hydrogen-bond donors (Lipinski definition) is 4. The van der Waals surface area contributed by atoms with Crippen molar-refractivity contribution in [2.75, 3.05) is 30.8 Å². The average Bonchev–Trinajstić information content (AvgIpc) is 3.14. The normalized spacial score (nSPS) is 12.3. The van der Waals surface area contributed by atoms with Crippen molar-refractivity contribution in [1.82, 2.24) is 15.6 Å². The second-order valence-corrected chi connectivity index (χ2v) is 13.4. The van der Waals surface area contributed by atoms with Crippen molar-refractivity contribution in [3.05, 3.63) is 105 Å². The van der Waals surface area contributed by atoms with Crippen LogP contribution < -0.4 is 24.8 Å². The maximum atomic E-state index is 9.68. The number of aliphatic hydroxyl groups excluding tert-OH is 2. The molecule has 0 aliphatic heterocycles. The van der Waals surface area contributed by atoms with Gasteiger partial charge in [0.25, 0.3) is 0 Å². The second-order valence-electron chi connectivity index (χ2n) is 11.7. The molecule has 12 heteroatoms. The summed E-state index contributed by atoms with van der Waals surface area (Å²) in [6.45, 7) is 6.26. The molecule has 0 aliphatic rings. The van der Waals surface area contributed by atoms with Crippen LogP contribution in [0.2, 0.25) is 10.0 Å². The molecule has 4 rings (SSSR count). The molecule has 0 spiro atoms. The molecule has 4 aromatic rings. The molecule has 0 aliphatic carbocycles. The van der Waals surface area contributed by atoms with Gasteiger partial charge in [0.05, 0.1) is 35.4 Å². The van der Waals surface area contributed by atoms with E-state index >= 15 is 0 Å². The molecular weight excluding hydrogens is 790 g/mol. The molecule has 1 aromatic heterocycles. The number of nitriles is 1. The molecule has 50 heavy (non-hydrogen) atoms. The zero-order valence-electron chi connectivity index (χ0n) is 28.2. The van der Waals surface area contributed by atoms with Crippen molar-refractivity contribution in [1.29, 1.82) is 5.26 Å². The lowest BCUT2D eigenvalue weighted by Crippen LogP contribution is -2.35. The van der Waals surface area contributed by atoms with Gasteiger partial charge in [0.2, 0.25) is 0 Å². The van der Waals surface area contributed by atoms with Crippen LogP contribution in [0.3, 0.4) is 0 Å². The van der Waals surface area contributed by atoms with Gasteiger partial charge in [-0.15, -0.1) is 0 Å². The van der Waals surface area contributed by atoms with E-state index in [2.05, 4.69) is 44.3 Å². The first-order valence-electron chi connectivity index (χ1n) is 16.5. The van der Waals surface area contributed by atoms with Crippen LogP contribution >= 0.6 is 45.8 Å². The first kappa shape index (κ1) is 39.6. The van der Waals surface area contributed by atoms with Crippen LogP contribution in [0.25, 0.3) is 11.1 Å². The zero-order chi connectivity index (χ0) is 35.9. The van der Waals surface area contributed by atoms with Crippen LogP contribution in [0.1, 0.15) is 47.6 Å². The SMILES string of the molecule is CCC(CO)NCc1cc(Cl)c(OCc2cccc(-c3cccc(OCCCNC(CO)CI)c3Cl)c2C)cc1OCc1cncc(C#N)c1. The highest BCUT2D eigenvalue weighted by Gasteiger charge is 2.17. The third-order valence-electron chi connectivity index (χ3n) is 8.23. The van der Waals surface area contributed by atoms with Crippen LogP contribution in [0.15, 0.2) is 67.0 Å². The van der Waals surface area contributed by atoms with E-state index in [9.17, 15) is 15.5 Å². The molecule has 0 bridgehead atoms. The molecule has 0 amide bonds. The number of aliphatic hydroxyl groups is 2. The van der Waals surface area contributed by atoms with E-state index in [4.69, 9.17) is 37.4 Å². The minimum atomic E-state index is -0.0711. The monoisotopic (exact) mass is 832 g/mol. The van der Waals surface area contributed by atoms with Gasteiger partial charge in [-0.1, -0.05) is 83.0 Å². The van der Waals surface area contributed by atoms with E-state index in [1.54, 1.807) is 18.3 Å². The summed E-state index contributed by atoms with van der Waals surface area (Å²) in [6, 6.07) is 19.2. The highest BCUT2D eigenvalue weighted by molar-refractivity contribution is 14.1. The van der Waals surface area contributed by atoms with Gasteiger partial charge in [-0.25, -0.2) is 0 Å². The lowest BCUT2D eigenvalue weighted by molar-refractivity contribution is 0.237. The molecule has 0 radical (unpaired) electrons. The number of benzene rings is 3. The first-order valence-corrected chi connectivity index (χ1v) is 18.8. The highest BCUT2D eigenvalue weighted by atomic mass is 127. The largest absolute Gasteiger partial charge is 0.492 e. The molecule has 3 aromatic carbocycles. The fourth-order valence-electron chi connectivity index (χ4n) is 5.19. The number of alkyl halides is 1. The van der Waals surface area contributed by atoms with Gasteiger partial charge in [-0.3, -0.25) is 4.98 Å². The fourth-order valence-corrected chi connectivity index (χ4v) is 6.30. The van der Waals surface area contributed by atoms with Crippen molar-refractivity contribution in [2.24, 2.45) is 0 Å². The van der Waals surface area contributed by atoms with Crippen LogP contribution in [-0.2, 0) is 19.8 Å². The maximum absolute atomic E-state index is 9.68. The summed E-state index contributed by atoms with van der Waals surface area (Å²) >= 11 is 15.9. The summed E-state index contributed by atoms with van der Waals surface area (Å²) in [5, 5.41) is 35.9. The van der Waals surface area contributed by atoms with Crippen molar-refractivity contribution < 1.29 is 24.4 Å². The van der Waals surface area contributed by atoms with Crippen molar-refractivity contribution in [3.8, 4) is 34.4 Å². The number of nitrogens with zero attached hydrogens (tertiary/aromatic N) is 2. The molecule has 0 saturated carbocycles. The molecule has 9 nitrogen and oxygen atoms in total. The number of hydrogen-bond acceptors (Lipinski definition) is 9. The second kappa shape index (κ2) is 20.6. The number of nitrogens with one attached hydrogen (secondary N) is 2. The van der Waals surface area contributed by atoms with E-state index in [1.807, 2.05) is 56.3 Å². The molecule has 2 unspecified atom stereocenters. The molecule has 0 fully saturated rings. The van der Waals surface area contributed by atoms with E-state index in [-0.39, 0.29) is 38.5 Å². The number of aromatic nitrogens is 1. The lowest BCUT2D eigenvalue weighted by atomic mass is 9.96. The van der Waals surface area contributed by atoms with Gasteiger partial charge in [0.1, 0.15) is 36.5 Å². The minimum absolute atomic E-state index is 0.0122. The third kappa shape index (κ3) is 11.2. The Morgan fingerprint density at radius 3 is 2.38 bits per heavy atom. The Kier molecular flexibility index (Phi) is 16.4. The maximum Gasteiger partial charge on any atom is 0.142 e. The van der Waals surface area contributed by atoms with Gasteiger partial charge in [0, 0.05) is 58.2 Å². The summed E-state index contributed by atoms with van der Waals surface area (Å²) < 4.78 is 19.4. The predicted molar refractivity (Wildman–Crippen MR) is 207 cm³/mol. The molecule has 1 heterocycles. The Bertz CT molecular complexity index is 1730.